The number of terminal acetylenes is 4. The summed E-state index contributed by atoms with van der Waals surface area (Å²) < 4.78 is 206. The van der Waals surface area contributed by atoms with Gasteiger partial charge in [-0.15, -0.1) is 25.7 Å². The zero-order valence-electron chi connectivity index (χ0n) is 74.6. The number of methoxy groups -OCH3 is 1. The highest BCUT2D eigenvalue weighted by molar-refractivity contribution is 6.32. The van der Waals surface area contributed by atoms with E-state index in [0.717, 1.165) is 196 Å². The summed E-state index contributed by atoms with van der Waals surface area (Å²) in [6, 6.07) is 27.1. The van der Waals surface area contributed by atoms with Gasteiger partial charge in [0.05, 0.1) is 39.9 Å². The van der Waals surface area contributed by atoms with Crippen molar-refractivity contribution in [2.75, 3.05) is 45.7 Å². The van der Waals surface area contributed by atoms with Gasteiger partial charge in [0.15, 0.2) is 11.5 Å². The van der Waals surface area contributed by atoms with Gasteiger partial charge in [-0.1, -0.05) is 143 Å². The minimum absolute atomic E-state index is 0.0325. The van der Waals surface area contributed by atoms with Crippen molar-refractivity contribution in [3.63, 3.8) is 0 Å². The number of anilines is 5. The number of carbonyl (C=O) groups is 8. The number of phenols is 1. The number of alkyl halides is 15. The lowest BCUT2D eigenvalue weighted by Gasteiger charge is -2.33. The van der Waals surface area contributed by atoms with Crippen LogP contribution in [-0.4, -0.2) is 103 Å². The van der Waals surface area contributed by atoms with Crippen LogP contribution in [0, 0.1) is 59.5 Å². The van der Waals surface area contributed by atoms with E-state index in [1.165, 1.54) is 67.8 Å². The zero-order valence-corrected chi connectivity index (χ0v) is 75.3. The number of nitrogens with zero attached hydrogens (tertiary/aromatic N) is 6. The Morgan fingerprint density at radius 3 is 0.957 bits per heavy atom. The summed E-state index contributed by atoms with van der Waals surface area (Å²) >= 11 is 6.19. The highest BCUT2D eigenvalue weighted by Gasteiger charge is 2.44. The Bertz CT molecular complexity index is 5840. The zero-order chi connectivity index (χ0) is 101. The van der Waals surface area contributed by atoms with Crippen molar-refractivity contribution >= 4 is 93.0 Å². The van der Waals surface area contributed by atoms with E-state index in [1.807, 2.05) is 36.8 Å². The lowest BCUT2D eigenvalue weighted by Crippen LogP contribution is -2.47. The van der Waals surface area contributed by atoms with E-state index in [2.05, 4.69) is 21.3 Å². The number of rotatable bonds is 23. The molecule has 0 aromatic heterocycles. The molecule has 4 unspecified atom stereocenters. The van der Waals surface area contributed by atoms with E-state index in [0.29, 0.717) is 60.4 Å². The highest BCUT2D eigenvalue weighted by atomic mass is 35.5. The number of ether oxygens (including phenoxy) is 1. The molecular formula is C100H96ClF15N10O12. The van der Waals surface area contributed by atoms with E-state index in [9.17, 15) is 119 Å². The molecule has 0 saturated heterocycles. The maximum atomic E-state index is 13.5. The Balaban J connectivity index is 0.000000206. The summed E-state index contributed by atoms with van der Waals surface area (Å²) in [5, 5.41) is 32.5. The third-order valence-electron chi connectivity index (χ3n) is 23.3. The first-order valence-corrected chi connectivity index (χ1v) is 43.9. The van der Waals surface area contributed by atoms with Crippen molar-refractivity contribution in [1.82, 2.24) is 21.3 Å². The molecule has 730 valence electrons. The fraction of sp³-hybridized carbons (Fsp3) is 0.360. The van der Waals surface area contributed by atoms with Crippen molar-refractivity contribution in [3.05, 3.63) is 247 Å². The van der Waals surface area contributed by atoms with E-state index in [4.69, 9.17) is 42.0 Å². The van der Waals surface area contributed by atoms with Gasteiger partial charge in [0, 0.05) is 89.4 Å². The number of hydrogen-bond acceptors (Lipinski definition) is 13. The maximum absolute atomic E-state index is 13.5. The summed E-state index contributed by atoms with van der Waals surface area (Å²) in [5.74, 6) is 0.477. The van der Waals surface area contributed by atoms with Crippen LogP contribution in [0.5, 0.6) is 11.5 Å². The van der Waals surface area contributed by atoms with Gasteiger partial charge in [-0.3, -0.25) is 68.1 Å². The highest BCUT2D eigenvalue weighted by Crippen LogP contribution is 2.44. The number of nitro groups is 1. The van der Waals surface area contributed by atoms with Crippen LogP contribution in [0.2, 0.25) is 5.02 Å². The first kappa shape index (κ1) is 107. The van der Waals surface area contributed by atoms with Gasteiger partial charge in [-0.05, 0) is 207 Å². The molecule has 4 fully saturated rings. The fourth-order valence-corrected chi connectivity index (χ4v) is 16.7. The summed E-state index contributed by atoms with van der Waals surface area (Å²) in [6.45, 7) is 0. The van der Waals surface area contributed by atoms with E-state index in [-0.39, 0.29) is 74.6 Å². The molecule has 0 aliphatic heterocycles. The smallest absolute Gasteiger partial charge is 0.416 e. The number of nitrogens with one attached hydrogen (secondary N) is 4. The Morgan fingerprint density at radius 1 is 0.377 bits per heavy atom. The molecule has 8 aromatic carbocycles. The van der Waals surface area contributed by atoms with Gasteiger partial charge in [-0.25, -0.2) is 0 Å². The van der Waals surface area contributed by atoms with Crippen LogP contribution in [0.1, 0.15) is 203 Å². The monoisotopic (exact) mass is 1950 g/mol. The van der Waals surface area contributed by atoms with Crippen molar-refractivity contribution in [3.8, 4) is 60.9 Å². The summed E-state index contributed by atoms with van der Waals surface area (Å²) in [6.07, 6.45) is 14.8. The standard InChI is InChI=1S/C26H28F3N3O2.C25H21ClF6N2O2.C25H25F3N2O4.C24H22F3N3O4/c1-4-23(33)32(22-12-8-9-19(17-22)26(27,28)29)24(18-13-15-21(16-14-18)31(2)3)25(34)30-20-10-6-5-7-11-20;1-2-21(35)34(18-10-6-7-15(13-18)24(27,28)29)22(23(36)33-17-8-4-3-5-9-17)19-14-16(25(30,31)32)11-12-20(19)26;1-3-22(32)30(19-11-7-8-17(15-19)25(26,27)28)23(16-12-13-20(31)21(14-16)34-2)24(33)29-18-9-5-4-6-10-18;1-2-21(31)29(19-12-7-9-17(15-19)24(25,26)27)22(16-8-6-13-20(14-16)30(33)34)23(32)28-18-10-4-3-5-11-18/h1,8-9,12-17,20,24H,5-7,10-11H2,2-3H3,(H,30,34);1,6-7,10-14,17,22H,3-5,8-9H2,(H,33,36);1,7-8,11-15,18,23,31H,4-6,9-10H2,2H3,(H,29,33);1,6-9,12-15,18,22H,3-5,10-11H2,(H,28,32). The molecule has 4 saturated carbocycles. The van der Waals surface area contributed by atoms with Crippen molar-refractivity contribution in [1.29, 1.82) is 0 Å². The minimum Gasteiger partial charge on any atom is -0.504 e. The summed E-state index contributed by atoms with van der Waals surface area (Å²) in [7, 11) is 5.03. The van der Waals surface area contributed by atoms with Gasteiger partial charge in [-0.2, -0.15) is 65.9 Å². The average molecular weight is 1950 g/mol. The predicted octanol–water partition coefficient (Wildman–Crippen LogP) is 20.8. The second-order valence-corrected chi connectivity index (χ2v) is 33.4. The second-order valence-electron chi connectivity index (χ2n) is 33.0. The van der Waals surface area contributed by atoms with Gasteiger partial charge in [0.2, 0.25) is 23.6 Å². The molecule has 0 spiro atoms. The number of phenolic OH excluding ortho intramolecular Hbond substituents is 1. The lowest BCUT2D eigenvalue weighted by molar-refractivity contribution is -0.384. The van der Waals surface area contributed by atoms with Crippen LogP contribution in [0.4, 0.5) is 100.0 Å². The quantitative estimate of drug-likeness (QED) is 0.0173. The average Bonchev–Trinajstić information content (AvgIpc) is 0.775. The van der Waals surface area contributed by atoms with E-state index < -0.39 is 146 Å². The van der Waals surface area contributed by atoms with Gasteiger partial charge < -0.3 is 36.0 Å². The lowest BCUT2D eigenvalue weighted by atomic mass is 9.94. The minimum atomic E-state index is -4.82. The number of aromatic hydroxyl groups is 1. The van der Waals surface area contributed by atoms with Gasteiger partial charge in [0.1, 0.15) is 24.2 Å². The molecule has 5 N–H and O–H groups in total. The Hall–Kier alpha value is -14.2. The topological polar surface area (TPSA) is 273 Å². The van der Waals surface area contributed by atoms with E-state index >= 15 is 0 Å². The van der Waals surface area contributed by atoms with Crippen LogP contribution in [0.3, 0.4) is 0 Å². The summed E-state index contributed by atoms with van der Waals surface area (Å²) in [4.78, 5) is 121. The molecule has 138 heavy (non-hydrogen) atoms. The van der Waals surface area contributed by atoms with E-state index in [1.54, 1.807) is 30.2 Å². The Morgan fingerprint density at radius 2 is 0.659 bits per heavy atom. The summed E-state index contributed by atoms with van der Waals surface area (Å²) in [5.41, 5.74) is -5.44. The second kappa shape index (κ2) is 48.0. The Labute approximate surface area is 790 Å². The number of hydrogen-bond donors (Lipinski definition) is 5. The number of halogens is 16. The molecule has 0 bridgehead atoms. The molecular weight excluding hydrogens is 1850 g/mol. The fourth-order valence-electron chi connectivity index (χ4n) is 16.5. The molecule has 12 rings (SSSR count). The van der Waals surface area contributed by atoms with Crippen molar-refractivity contribution in [2.24, 2.45) is 0 Å². The molecule has 4 aliphatic rings. The van der Waals surface area contributed by atoms with Crippen LogP contribution in [0.15, 0.2) is 182 Å². The molecule has 8 aromatic rings. The number of amides is 8. The normalized spacial score (nSPS) is 15.3. The molecule has 0 heterocycles. The van der Waals surface area contributed by atoms with Crippen LogP contribution >= 0.6 is 11.6 Å². The molecule has 38 heteroatoms. The number of benzene rings is 8. The van der Waals surface area contributed by atoms with Crippen molar-refractivity contribution < 1.29 is 119 Å². The third kappa shape index (κ3) is 28.9. The molecule has 0 radical (unpaired) electrons. The first-order chi connectivity index (χ1) is 65.2. The predicted molar refractivity (Wildman–Crippen MR) is 487 cm³/mol. The number of carbonyl (C=O) groups excluding carboxylic acids is 8. The maximum Gasteiger partial charge on any atom is 0.416 e. The number of non-ortho nitro benzene ring substituents is 1. The largest absolute Gasteiger partial charge is 0.504 e. The third-order valence-corrected chi connectivity index (χ3v) is 23.6. The van der Waals surface area contributed by atoms with Crippen molar-refractivity contribution in [2.45, 2.75) is 208 Å². The SMILES string of the molecule is C#CC(=O)N(c1cccc(C(F)(F)F)c1)C(C(=O)NC1CCCCC1)c1cc(C(F)(F)F)ccc1Cl.C#CC(=O)N(c1cccc(C(F)(F)F)c1)C(C(=O)NC1CCCCC1)c1ccc(N(C)C)cc1.C#CC(=O)N(c1cccc(C(F)(F)F)c1)C(C(=O)NC1CCCCC1)c1ccc(O)c(OC)c1.C#CC(=O)N(c1cccc(C(F)(F)F)c1)C(C(=O)NC1CCCCC1)c1cccc([N+](=O)[O-])c1. The Kier molecular flexibility index (Phi) is 37.4. The van der Waals surface area contributed by atoms with Crippen LogP contribution in [-0.2, 0) is 69.2 Å². The molecule has 4 atom stereocenters. The first-order valence-electron chi connectivity index (χ1n) is 43.6. The van der Waals surface area contributed by atoms with Crippen LogP contribution in [0.25, 0.3) is 0 Å². The number of nitro benzene ring substituents is 1. The molecule has 4 aliphatic carbocycles. The molecule has 8 amide bonds. The molecule has 22 nitrogen and oxygen atoms in total. The van der Waals surface area contributed by atoms with Crippen LogP contribution < -0.4 is 50.5 Å². The van der Waals surface area contributed by atoms with Gasteiger partial charge >= 0.3 is 54.5 Å². The van der Waals surface area contributed by atoms with Gasteiger partial charge in [0.25, 0.3) is 5.69 Å².